The van der Waals surface area contributed by atoms with Crippen LogP contribution >= 0.6 is 0 Å². The molecule has 0 bridgehead atoms. The summed E-state index contributed by atoms with van der Waals surface area (Å²) in [5, 5.41) is 4.29. The lowest BCUT2D eigenvalue weighted by atomic mass is 10.1. The zero-order valence-corrected chi connectivity index (χ0v) is 15.5. The Labute approximate surface area is 165 Å². The third-order valence-electron chi connectivity index (χ3n) is 4.01. The van der Waals surface area contributed by atoms with Crippen molar-refractivity contribution in [1.82, 2.24) is 5.43 Å². The van der Waals surface area contributed by atoms with Gasteiger partial charge in [0.15, 0.2) is 0 Å². The largest absolute Gasteiger partial charge is 0.273 e. The van der Waals surface area contributed by atoms with Gasteiger partial charge in [-0.3, -0.25) is 4.79 Å². The van der Waals surface area contributed by atoms with Crippen molar-refractivity contribution < 1.29 is 4.79 Å². The zero-order valence-electron chi connectivity index (χ0n) is 15.5. The van der Waals surface area contributed by atoms with Gasteiger partial charge in [-0.25, -0.2) is 5.43 Å². The molecule has 0 aliphatic heterocycles. The first-order valence-electron chi connectivity index (χ1n) is 9.16. The number of hydrogen-bond acceptors (Lipinski definition) is 2. The molecule has 1 N–H and O–H groups in total. The smallest absolute Gasteiger partial charge is 0.244 e. The van der Waals surface area contributed by atoms with Crippen molar-refractivity contribution in [3.05, 3.63) is 120 Å². The molecule has 3 nitrogen and oxygen atoms in total. The Morgan fingerprint density at radius 2 is 1.18 bits per heavy atom. The van der Waals surface area contributed by atoms with E-state index in [-0.39, 0.29) is 5.91 Å². The minimum absolute atomic E-state index is 0.148. The Hall–Kier alpha value is -3.72. The van der Waals surface area contributed by atoms with Gasteiger partial charge in [-0.15, -0.1) is 0 Å². The second-order valence-electron chi connectivity index (χ2n) is 6.22. The second-order valence-corrected chi connectivity index (χ2v) is 6.22. The highest BCUT2D eigenvalue weighted by atomic mass is 16.2. The molecule has 0 atom stereocenters. The second kappa shape index (κ2) is 10.4. The highest BCUT2D eigenvalue weighted by Crippen LogP contribution is 2.05. The van der Waals surface area contributed by atoms with Crippen LogP contribution in [0.25, 0.3) is 12.2 Å². The van der Waals surface area contributed by atoms with E-state index in [9.17, 15) is 4.79 Å². The number of benzene rings is 3. The summed E-state index contributed by atoms with van der Waals surface area (Å²) in [7, 11) is 0. The molecule has 0 saturated heterocycles. The van der Waals surface area contributed by atoms with Crippen LogP contribution < -0.4 is 5.43 Å². The van der Waals surface area contributed by atoms with Gasteiger partial charge in [0, 0.05) is 0 Å². The van der Waals surface area contributed by atoms with E-state index in [1.807, 2.05) is 115 Å². The lowest BCUT2D eigenvalue weighted by Crippen LogP contribution is -2.20. The Balaban J connectivity index is 1.72. The van der Waals surface area contributed by atoms with Crippen molar-refractivity contribution in [3.8, 4) is 0 Å². The number of rotatable bonds is 7. The molecule has 1 amide bonds. The van der Waals surface area contributed by atoms with E-state index in [1.165, 1.54) is 0 Å². The Morgan fingerprint density at radius 1 is 0.714 bits per heavy atom. The average molecular weight is 366 g/mol. The van der Waals surface area contributed by atoms with Crippen LogP contribution in [0, 0.1) is 0 Å². The van der Waals surface area contributed by atoms with E-state index in [0.29, 0.717) is 12.1 Å². The Morgan fingerprint density at radius 3 is 1.68 bits per heavy atom. The zero-order chi connectivity index (χ0) is 19.4. The maximum Gasteiger partial charge on any atom is 0.244 e. The molecule has 3 aromatic carbocycles. The summed E-state index contributed by atoms with van der Waals surface area (Å²) < 4.78 is 0. The van der Waals surface area contributed by atoms with Crippen molar-refractivity contribution in [2.75, 3.05) is 0 Å². The monoisotopic (exact) mass is 366 g/mol. The third kappa shape index (κ3) is 6.54. The lowest BCUT2D eigenvalue weighted by Gasteiger charge is -2.02. The molecular formula is C25H22N2O. The molecule has 0 heterocycles. The Bertz CT molecular complexity index is 908. The van der Waals surface area contributed by atoms with Crippen LogP contribution in [-0.2, 0) is 11.2 Å². The summed E-state index contributed by atoms with van der Waals surface area (Å²) in [5.41, 5.74) is 6.40. The molecule has 0 aliphatic rings. The van der Waals surface area contributed by atoms with Crippen molar-refractivity contribution in [2.24, 2.45) is 5.10 Å². The van der Waals surface area contributed by atoms with Crippen molar-refractivity contribution in [2.45, 2.75) is 6.42 Å². The molecule has 3 heteroatoms. The van der Waals surface area contributed by atoms with E-state index < -0.39 is 0 Å². The van der Waals surface area contributed by atoms with Crippen LogP contribution in [0.3, 0.4) is 0 Å². The number of nitrogens with zero attached hydrogens (tertiary/aromatic N) is 1. The van der Waals surface area contributed by atoms with Gasteiger partial charge in [0.1, 0.15) is 0 Å². The molecule has 0 aliphatic carbocycles. The molecule has 3 aromatic rings. The summed E-state index contributed by atoms with van der Waals surface area (Å²) in [5.74, 6) is -0.148. The minimum Gasteiger partial charge on any atom is -0.273 e. The average Bonchev–Trinajstić information content (AvgIpc) is 2.75. The van der Waals surface area contributed by atoms with Gasteiger partial charge in [0.2, 0.25) is 5.91 Å². The number of amides is 1. The van der Waals surface area contributed by atoms with Crippen LogP contribution in [0.1, 0.15) is 16.7 Å². The maximum atomic E-state index is 12.2. The van der Waals surface area contributed by atoms with Crippen molar-refractivity contribution in [3.63, 3.8) is 0 Å². The fourth-order valence-electron chi connectivity index (χ4n) is 2.57. The third-order valence-corrected chi connectivity index (χ3v) is 4.01. The summed E-state index contributed by atoms with van der Waals surface area (Å²) in [6.45, 7) is 0. The summed E-state index contributed by atoms with van der Waals surface area (Å²) in [6, 6.07) is 29.6. The van der Waals surface area contributed by atoms with Crippen LogP contribution in [0.5, 0.6) is 0 Å². The number of hydrazone groups is 1. The summed E-state index contributed by atoms with van der Waals surface area (Å²) >= 11 is 0. The predicted molar refractivity (Wildman–Crippen MR) is 117 cm³/mol. The molecule has 0 fully saturated rings. The van der Waals surface area contributed by atoms with Crippen LogP contribution in [0.15, 0.2) is 108 Å². The number of carbonyl (C=O) groups excluding carboxylic acids is 1. The topological polar surface area (TPSA) is 41.5 Å². The first-order chi connectivity index (χ1) is 13.8. The number of nitrogens with one attached hydrogen (secondary N) is 1. The van der Waals surface area contributed by atoms with E-state index in [0.717, 1.165) is 16.7 Å². The highest BCUT2D eigenvalue weighted by molar-refractivity contribution is 6.08. The summed E-state index contributed by atoms with van der Waals surface area (Å²) in [4.78, 5) is 12.2. The maximum absolute atomic E-state index is 12.2. The van der Waals surface area contributed by atoms with Gasteiger partial charge in [0.05, 0.1) is 12.1 Å². The summed E-state index contributed by atoms with van der Waals surface area (Å²) in [6.07, 6.45) is 8.01. The Kier molecular flexibility index (Phi) is 7.10. The van der Waals surface area contributed by atoms with Crippen LogP contribution in [0.2, 0.25) is 0 Å². The lowest BCUT2D eigenvalue weighted by molar-refractivity contribution is -0.120. The molecule has 0 spiro atoms. The van der Waals surface area contributed by atoms with Crippen molar-refractivity contribution >= 4 is 23.8 Å². The standard InChI is InChI=1S/C25H22N2O/c28-25(20-23-14-8-3-9-15-23)27-26-24(18-16-21-10-4-1-5-11-21)19-17-22-12-6-2-7-13-22/h1-19H,20H2,(H,27,28). The fraction of sp³-hybridized carbons (Fsp3) is 0.0400. The molecule has 0 aromatic heterocycles. The van der Waals surface area contributed by atoms with E-state index in [4.69, 9.17) is 0 Å². The molecule has 3 rings (SSSR count). The quantitative estimate of drug-likeness (QED) is 0.457. The van der Waals surface area contributed by atoms with E-state index >= 15 is 0 Å². The molecule has 28 heavy (non-hydrogen) atoms. The SMILES string of the molecule is O=C(Cc1ccccc1)NN=C(C=Cc1ccccc1)C=Cc1ccccc1. The molecule has 138 valence electrons. The van der Waals surface area contributed by atoms with E-state index in [1.54, 1.807) is 0 Å². The van der Waals surface area contributed by atoms with Gasteiger partial charge < -0.3 is 0 Å². The fourth-order valence-corrected chi connectivity index (χ4v) is 2.57. The number of allylic oxidation sites excluding steroid dienone is 2. The first-order valence-corrected chi connectivity index (χ1v) is 9.16. The highest BCUT2D eigenvalue weighted by Gasteiger charge is 2.01. The van der Waals surface area contributed by atoms with Gasteiger partial charge in [0.25, 0.3) is 0 Å². The minimum atomic E-state index is -0.148. The normalized spacial score (nSPS) is 10.9. The molecule has 0 radical (unpaired) electrons. The number of hydrogen-bond donors (Lipinski definition) is 1. The molecule has 0 saturated carbocycles. The van der Waals surface area contributed by atoms with E-state index in [2.05, 4.69) is 10.5 Å². The van der Waals surface area contributed by atoms with Crippen LogP contribution in [-0.4, -0.2) is 11.6 Å². The number of carbonyl (C=O) groups is 1. The van der Waals surface area contributed by atoms with Gasteiger partial charge in [-0.2, -0.15) is 5.10 Å². The first kappa shape index (κ1) is 19.1. The van der Waals surface area contributed by atoms with Gasteiger partial charge in [-0.1, -0.05) is 103 Å². The van der Waals surface area contributed by atoms with Gasteiger partial charge in [-0.05, 0) is 28.8 Å². The molecule has 0 unspecified atom stereocenters. The van der Waals surface area contributed by atoms with Crippen molar-refractivity contribution in [1.29, 1.82) is 0 Å². The van der Waals surface area contributed by atoms with Crippen LogP contribution in [0.4, 0.5) is 0 Å². The molecular weight excluding hydrogens is 344 g/mol. The predicted octanol–water partition coefficient (Wildman–Crippen LogP) is 5.13. The van der Waals surface area contributed by atoms with Gasteiger partial charge >= 0.3 is 0 Å².